The molecule has 0 bridgehead atoms. The van der Waals surface area contributed by atoms with Crippen LogP contribution in [0.25, 0.3) is 10.9 Å². The molecule has 4 rings (SSSR count). The number of benzene rings is 3. The van der Waals surface area contributed by atoms with Gasteiger partial charge in [0.1, 0.15) is 0 Å². The SMILES string of the molecule is CCOc1ccc(CCNC(=O)Cc2c(SC)c3ccccc3n2Cc2ccccc2)cc1OCC. The van der Waals surface area contributed by atoms with Crippen LogP contribution in [0.3, 0.4) is 0 Å². The molecule has 1 amide bonds. The van der Waals surface area contributed by atoms with Gasteiger partial charge in [-0.05, 0) is 55.9 Å². The molecule has 36 heavy (non-hydrogen) atoms. The predicted molar refractivity (Wildman–Crippen MR) is 148 cm³/mol. The number of aromatic nitrogens is 1. The van der Waals surface area contributed by atoms with Crippen LogP contribution in [0.5, 0.6) is 11.5 Å². The van der Waals surface area contributed by atoms with E-state index in [1.54, 1.807) is 11.8 Å². The number of carbonyl (C=O) groups excluding carboxylic acids is 1. The minimum atomic E-state index is 0.0263. The van der Waals surface area contributed by atoms with Crippen molar-refractivity contribution in [2.24, 2.45) is 0 Å². The molecule has 1 heterocycles. The van der Waals surface area contributed by atoms with Crippen LogP contribution in [0.4, 0.5) is 0 Å². The number of nitrogens with zero attached hydrogens (tertiary/aromatic N) is 1. The van der Waals surface area contributed by atoms with Gasteiger partial charge in [0.25, 0.3) is 0 Å². The van der Waals surface area contributed by atoms with Gasteiger partial charge in [-0.3, -0.25) is 4.79 Å². The van der Waals surface area contributed by atoms with Gasteiger partial charge in [-0.1, -0.05) is 54.6 Å². The highest BCUT2D eigenvalue weighted by Gasteiger charge is 2.19. The number of nitrogens with one attached hydrogen (secondary N) is 1. The first-order valence-corrected chi connectivity index (χ1v) is 13.7. The highest BCUT2D eigenvalue weighted by atomic mass is 32.2. The molecule has 0 aliphatic carbocycles. The quantitative estimate of drug-likeness (QED) is 0.238. The molecule has 0 saturated heterocycles. The van der Waals surface area contributed by atoms with E-state index in [0.29, 0.717) is 26.2 Å². The lowest BCUT2D eigenvalue weighted by atomic mass is 10.1. The smallest absolute Gasteiger partial charge is 0.225 e. The molecule has 0 saturated carbocycles. The minimum Gasteiger partial charge on any atom is -0.490 e. The normalized spacial score (nSPS) is 11.0. The van der Waals surface area contributed by atoms with Crippen molar-refractivity contribution in [1.29, 1.82) is 0 Å². The van der Waals surface area contributed by atoms with Crippen LogP contribution in [-0.4, -0.2) is 36.5 Å². The van der Waals surface area contributed by atoms with Gasteiger partial charge in [-0.2, -0.15) is 0 Å². The second-order valence-corrected chi connectivity index (χ2v) is 9.31. The van der Waals surface area contributed by atoms with Gasteiger partial charge < -0.3 is 19.4 Å². The number of carbonyl (C=O) groups is 1. The van der Waals surface area contributed by atoms with E-state index >= 15 is 0 Å². The van der Waals surface area contributed by atoms with Crippen LogP contribution in [0.2, 0.25) is 0 Å². The molecular formula is C30H34N2O3S. The van der Waals surface area contributed by atoms with Crippen LogP contribution in [0, 0.1) is 0 Å². The van der Waals surface area contributed by atoms with Gasteiger partial charge in [-0.15, -0.1) is 11.8 Å². The van der Waals surface area contributed by atoms with Gasteiger partial charge in [-0.25, -0.2) is 0 Å². The Labute approximate surface area is 217 Å². The molecule has 4 aromatic rings. The Bertz CT molecular complexity index is 1300. The molecule has 0 aliphatic rings. The zero-order valence-electron chi connectivity index (χ0n) is 21.3. The van der Waals surface area contributed by atoms with Gasteiger partial charge in [0.2, 0.25) is 5.91 Å². The molecule has 0 fully saturated rings. The van der Waals surface area contributed by atoms with Gasteiger partial charge >= 0.3 is 0 Å². The van der Waals surface area contributed by atoms with E-state index in [1.807, 2.05) is 38.1 Å². The van der Waals surface area contributed by atoms with Crippen LogP contribution >= 0.6 is 11.8 Å². The summed E-state index contributed by atoms with van der Waals surface area (Å²) < 4.78 is 13.7. The molecule has 0 atom stereocenters. The van der Waals surface area contributed by atoms with E-state index in [-0.39, 0.29) is 5.91 Å². The van der Waals surface area contributed by atoms with Gasteiger partial charge in [0.05, 0.1) is 19.6 Å². The number of ether oxygens (including phenoxy) is 2. The van der Waals surface area contributed by atoms with E-state index in [2.05, 4.69) is 64.7 Å². The number of hydrogen-bond acceptors (Lipinski definition) is 4. The average molecular weight is 503 g/mol. The van der Waals surface area contributed by atoms with Crippen molar-refractivity contribution in [3.05, 3.63) is 89.6 Å². The molecule has 6 heteroatoms. The third-order valence-electron chi connectivity index (χ3n) is 6.09. The molecule has 0 radical (unpaired) electrons. The van der Waals surface area contributed by atoms with E-state index < -0.39 is 0 Å². The monoisotopic (exact) mass is 502 g/mol. The van der Waals surface area contributed by atoms with Crippen molar-refractivity contribution < 1.29 is 14.3 Å². The third-order valence-corrected chi connectivity index (χ3v) is 6.95. The summed E-state index contributed by atoms with van der Waals surface area (Å²) >= 11 is 1.70. The zero-order chi connectivity index (χ0) is 25.3. The van der Waals surface area contributed by atoms with Crippen molar-refractivity contribution in [2.45, 2.75) is 38.1 Å². The van der Waals surface area contributed by atoms with Crippen LogP contribution in [0.15, 0.2) is 77.7 Å². The maximum absolute atomic E-state index is 13.1. The fourth-order valence-electron chi connectivity index (χ4n) is 4.49. The molecule has 0 aliphatic heterocycles. The van der Waals surface area contributed by atoms with Crippen LogP contribution < -0.4 is 14.8 Å². The maximum Gasteiger partial charge on any atom is 0.225 e. The zero-order valence-corrected chi connectivity index (χ0v) is 22.1. The number of thioether (sulfide) groups is 1. The summed E-state index contributed by atoms with van der Waals surface area (Å²) in [6, 6.07) is 24.8. The fourth-order valence-corrected chi connectivity index (χ4v) is 5.30. The summed E-state index contributed by atoms with van der Waals surface area (Å²) in [7, 11) is 0. The van der Waals surface area contributed by atoms with Crippen LogP contribution in [0.1, 0.15) is 30.7 Å². The van der Waals surface area contributed by atoms with E-state index in [4.69, 9.17) is 9.47 Å². The summed E-state index contributed by atoms with van der Waals surface area (Å²) in [4.78, 5) is 14.3. The second kappa shape index (κ2) is 12.5. The first-order chi connectivity index (χ1) is 17.6. The molecule has 1 N–H and O–H groups in total. The molecule has 0 spiro atoms. The summed E-state index contributed by atoms with van der Waals surface area (Å²) in [5, 5.41) is 4.32. The van der Waals surface area contributed by atoms with Crippen molar-refractivity contribution >= 4 is 28.6 Å². The Morgan fingerprint density at radius 2 is 1.61 bits per heavy atom. The molecule has 3 aromatic carbocycles. The lowest BCUT2D eigenvalue weighted by Gasteiger charge is -2.14. The third kappa shape index (κ3) is 6.05. The summed E-state index contributed by atoms with van der Waals surface area (Å²) in [5.41, 5.74) is 4.54. The predicted octanol–water partition coefficient (Wildman–Crippen LogP) is 6.11. The molecule has 188 valence electrons. The van der Waals surface area contributed by atoms with Crippen molar-refractivity contribution in [3.8, 4) is 11.5 Å². The summed E-state index contributed by atoms with van der Waals surface area (Å²) in [6.07, 6.45) is 3.14. The molecule has 0 unspecified atom stereocenters. The first kappa shape index (κ1) is 25.7. The second-order valence-electron chi connectivity index (χ2n) is 8.49. The number of amides is 1. The van der Waals surface area contributed by atoms with Crippen molar-refractivity contribution in [1.82, 2.24) is 9.88 Å². The van der Waals surface area contributed by atoms with E-state index in [9.17, 15) is 4.79 Å². The lowest BCUT2D eigenvalue weighted by molar-refractivity contribution is -0.120. The number of hydrogen-bond donors (Lipinski definition) is 1. The van der Waals surface area contributed by atoms with Crippen molar-refractivity contribution in [3.63, 3.8) is 0 Å². The topological polar surface area (TPSA) is 52.5 Å². The largest absolute Gasteiger partial charge is 0.490 e. The van der Waals surface area contributed by atoms with E-state index in [1.165, 1.54) is 15.8 Å². The van der Waals surface area contributed by atoms with Crippen LogP contribution in [-0.2, 0) is 24.2 Å². The van der Waals surface area contributed by atoms with Crippen molar-refractivity contribution in [2.75, 3.05) is 26.0 Å². The Morgan fingerprint density at radius 3 is 2.36 bits per heavy atom. The fraction of sp³-hybridized carbons (Fsp3) is 0.300. The highest BCUT2D eigenvalue weighted by Crippen LogP contribution is 2.34. The highest BCUT2D eigenvalue weighted by molar-refractivity contribution is 7.98. The van der Waals surface area contributed by atoms with E-state index in [0.717, 1.165) is 41.2 Å². The summed E-state index contributed by atoms with van der Waals surface area (Å²) in [5.74, 6) is 1.53. The van der Waals surface area contributed by atoms with Gasteiger partial charge in [0.15, 0.2) is 11.5 Å². The summed E-state index contributed by atoms with van der Waals surface area (Å²) in [6.45, 7) is 6.38. The number of para-hydroxylation sites is 1. The standard InChI is InChI=1S/C30H34N2O3S/c1-4-34-27-16-15-22(19-28(27)35-5-2)17-18-31-29(33)20-26-30(36-3)24-13-9-10-14-25(24)32(26)21-23-11-7-6-8-12-23/h6-16,19H,4-5,17-18,20-21H2,1-3H3,(H,31,33). The Balaban J connectivity index is 1.48. The molecular weight excluding hydrogens is 468 g/mol. The Kier molecular flexibility index (Phi) is 8.95. The minimum absolute atomic E-state index is 0.0263. The first-order valence-electron chi connectivity index (χ1n) is 12.5. The lowest BCUT2D eigenvalue weighted by Crippen LogP contribution is -2.28. The maximum atomic E-state index is 13.1. The number of rotatable bonds is 12. The average Bonchev–Trinajstić information content (AvgIpc) is 3.18. The number of fused-ring (bicyclic) bond motifs is 1. The molecule has 5 nitrogen and oxygen atoms in total. The Hall–Kier alpha value is -3.38. The molecule has 1 aromatic heterocycles. The van der Waals surface area contributed by atoms with Gasteiger partial charge in [0, 0.05) is 34.6 Å². The Morgan fingerprint density at radius 1 is 0.889 bits per heavy atom.